The van der Waals surface area contributed by atoms with E-state index in [1.807, 2.05) is 32.0 Å². The van der Waals surface area contributed by atoms with Gasteiger partial charge in [-0.1, -0.05) is 17.7 Å². The topological polar surface area (TPSA) is 29.1 Å². The second-order valence-electron chi connectivity index (χ2n) is 2.74. The van der Waals surface area contributed by atoms with E-state index < -0.39 is 11.0 Å². The van der Waals surface area contributed by atoms with Crippen molar-refractivity contribution in [3.05, 3.63) is 29.3 Å². The summed E-state index contributed by atoms with van der Waals surface area (Å²) in [7, 11) is 0.630. The van der Waals surface area contributed by atoms with Crippen LogP contribution in [0.15, 0.2) is 23.1 Å². The van der Waals surface area contributed by atoms with E-state index in [0.717, 1.165) is 10.5 Å². The van der Waals surface area contributed by atoms with Crippen LogP contribution in [0.3, 0.4) is 0 Å². The summed E-state index contributed by atoms with van der Waals surface area (Å²) in [5.74, 6) is 0. The SMILES string of the molecule is CNS(=O)c1ccc(C)cc1C. The van der Waals surface area contributed by atoms with Crippen LogP contribution in [0, 0.1) is 13.8 Å². The lowest BCUT2D eigenvalue weighted by Crippen LogP contribution is -2.11. The van der Waals surface area contributed by atoms with Crippen LogP contribution in [0.25, 0.3) is 0 Å². The van der Waals surface area contributed by atoms with Gasteiger partial charge < -0.3 is 0 Å². The zero-order chi connectivity index (χ0) is 9.14. The summed E-state index contributed by atoms with van der Waals surface area (Å²) in [6.07, 6.45) is 0. The third-order valence-corrected chi connectivity index (χ3v) is 2.94. The lowest BCUT2D eigenvalue weighted by Gasteiger charge is -2.04. The van der Waals surface area contributed by atoms with Crippen LogP contribution in [-0.2, 0) is 11.0 Å². The molecule has 0 saturated heterocycles. The summed E-state index contributed by atoms with van der Waals surface area (Å²) < 4.78 is 14.1. The molecule has 0 bridgehead atoms. The number of aryl methyl sites for hydroxylation is 2. The van der Waals surface area contributed by atoms with Crippen LogP contribution >= 0.6 is 0 Å². The van der Waals surface area contributed by atoms with Crippen LogP contribution in [-0.4, -0.2) is 11.3 Å². The molecule has 0 radical (unpaired) electrons. The molecule has 1 aromatic rings. The first-order valence-electron chi connectivity index (χ1n) is 3.81. The first kappa shape index (κ1) is 9.42. The first-order valence-corrected chi connectivity index (χ1v) is 4.96. The van der Waals surface area contributed by atoms with Crippen LogP contribution in [0.1, 0.15) is 11.1 Å². The van der Waals surface area contributed by atoms with Gasteiger partial charge in [0.2, 0.25) is 0 Å². The number of benzene rings is 1. The molecular formula is C9H13NOS. The minimum atomic E-state index is -1.06. The number of nitrogens with one attached hydrogen (secondary N) is 1. The van der Waals surface area contributed by atoms with Gasteiger partial charge in [-0.3, -0.25) is 0 Å². The van der Waals surface area contributed by atoms with Gasteiger partial charge >= 0.3 is 0 Å². The Kier molecular flexibility index (Phi) is 3.00. The molecule has 0 amide bonds. The van der Waals surface area contributed by atoms with Gasteiger partial charge in [-0.05, 0) is 32.5 Å². The molecule has 0 fully saturated rings. The Bertz CT molecular complexity index is 309. The molecule has 0 heterocycles. The molecule has 0 aliphatic rings. The standard InChI is InChI=1S/C9H13NOS/c1-7-4-5-9(8(2)6-7)12(11)10-3/h4-6,10H,1-3H3. The van der Waals surface area contributed by atoms with Gasteiger partial charge in [-0.25, -0.2) is 8.93 Å². The number of rotatable bonds is 2. The molecule has 0 spiro atoms. The molecule has 1 rings (SSSR count). The van der Waals surface area contributed by atoms with Gasteiger partial charge in [0.1, 0.15) is 11.0 Å². The summed E-state index contributed by atoms with van der Waals surface area (Å²) >= 11 is 0. The van der Waals surface area contributed by atoms with Crippen molar-refractivity contribution in [3.63, 3.8) is 0 Å². The summed E-state index contributed by atoms with van der Waals surface area (Å²) in [5, 5.41) is 0. The quantitative estimate of drug-likeness (QED) is 0.740. The maximum atomic E-state index is 11.3. The molecule has 0 saturated carbocycles. The molecule has 0 aliphatic heterocycles. The van der Waals surface area contributed by atoms with E-state index >= 15 is 0 Å². The van der Waals surface area contributed by atoms with Crippen molar-refractivity contribution in [2.45, 2.75) is 18.7 Å². The largest absolute Gasteiger partial charge is 0.238 e. The fourth-order valence-electron chi connectivity index (χ4n) is 1.12. The van der Waals surface area contributed by atoms with Crippen molar-refractivity contribution < 1.29 is 4.21 Å². The molecule has 1 unspecified atom stereocenters. The Morgan fingerprint density at radius 2 is 2.00 bits per heavy atom. The van der Waals surface area contributed by atoms with Gasteiger partial charge in [0.05, 0.1) is 4.90 Å². The predicted octanol–water partition coefficient (Wildman–Crippen LogP) is 1.55. The van der Waals surface area contributed by atoms with Gasteiger partial charge in [0.25, 0.3) is 0 Å². The van der Waals surface area contributed by atoms with E-state index in [-0.39, 0.29) is 0 Å². The average molecular weight is 183 g/mol. The van der Waals surface area contributed by atoms with Crippen molar-refractivity contribution >= 4 is 11.0 Å². The van der Waals surface area contributed by atoms with Crippen LogP contribution in [0.4, 0.5) is 0 Å². The molecule has 1 aromatic carbocycles. The van der Waals surface area contributed by atoms with Crippen molar-refractivity contribution in [2.75, 3.05) is 7.05 Å². The summed E-state index contributed by atoms with van der Waals surface area (Å²) in [5.41, 5.74) is 2.27. The molecule has 1 N–H and O–H groups in total. The summed E-state index contributed by atoms with van der Waals surface area (Å²) in [4.78, 5) is 0.864. The van der Waals surface area contributed by atoms with E-state index in [1.165, 1.54) is 5.56 Å². The highest BCUT2D eigenvalue weighted by Gasteiger charge is 2.03. The van der Waals surface area contributed by atoms with Crippen molar-refractivity contribution in [2.24, 2.45) is 0 Å². The highest BCUT2D eigenvalue weighted by molar-refractivity contribution is 7.83. The van der Waals surface area contributed by atoms with Crippen molar-refractivity contribution in [1.29, 1.82) is 0 Å². The second kappa shape index (κ2) is 3.83. The minimum Gasteiger partial charge on any atom is -0.238 e. The third-order valence-electron chi connectivity index (χ3n) is 1.72. The van der Waals surface area contributed by atoms with E-state index in [0.29, 0.717) is 0 Å². The second-order valence-corrected chi connectivity index (χ2v) is 4.13. The van der Waals surface area contributed by atoms with Gasteiger partial charge in [0.15, 0.2) is 0 Å². The first-order chi connectivity index (χ1) is 5.65. The normalized spacial score (nSPS) is 12.9. The Morgan fingerprint density at radius 3 is 2.50 bits per heavy atom. The molecule has 1 atom stereocenters. The third kappa shape index (κ3) is 1.93. The maximum Gasteiger partial charge on any atom is 0.124 e. The Morgan fingerprint density at radius 1 is 1.33 bits per heavy atom. The lowest BCUT2D eigenvalue weighted by molar-refractivity contribution is 0.677. The van der Waals surface area contributed by atoms with Crippen LogP contribution < -0.4 is 4.72 Å². The summed E-state index contributed by atoms with van der Waals surface area (Å²) in [6, 6.07) is 5.90. The highest BCUT2D eigenvalue weighted by atomic mass is 32.2. The fraction of sp³-hybridized carbons (Fsp3) is 0.333. The number of hydrogen-bond acceptors (Lipinski definition) is 1. The van der Waals surface area contributed by atoms with Gasteiger partial charge in [0, 0.05) is 0 Å². The van der Waals surface area contributed by atoms with Crippen LogP contribution in [0.5, 0.6) is 0 Å². The van der Waals surface area contributed by atoms with E-state index in [1.54, 1.807) is 7.05 Å². The lowest BCUT2D eigenvalue weighted by atomic mass is 10.2. The molecule has 12 heavy (non-hydrogen) atoms. The highest BCUT2D eigenvalue weighted by Crippen LogP contribution is 2.12. The molecule has 0 aliphatic carbocycles. The molecule has 2 nitrogen and oxygen atoms in total. The Balaban J connectivity index is 3.09. The number of hydrogen-bond donors (Lipinski definition) is 1. The summed E-state index contributed by atoms with van der Waals surface area (Å²) in [6.45, 7) is 4.00. The smallest absolute Gasteiger partial charge is 0.124 e. The fourth-order valence-corrected chi connectivity index (χ4v) is 1.88. The van der Waals surface area contributed by atoms with Crippen molar-refractivity contribution in [1.82, 2.24) is 4.72 Å². The molecule has 3 heteroatoms. The predicted molar refractivity (Wildman–Crippen MR) is 51.4 cm³/mol. The molecule has 66 valence electrons. The maximum absolute atomic E-state index is 11.3. The van der Waals surface area contributed by atoms with Crippen LogP contribution in [0.2, 0.25) is 0 Å². The molecular weight excluding hydrogens is 170 g/mol. The Hall–Kier alpha value is -0.670. The zero-order valence-corrected chi connectivity index (χ0v) is 8.37. The van der Waals surface area contributed by atoms with Gasteiger partial charge in [-0.2, -0.15) is 0 Å². The average Bonchev–Trinajstić information content (AvgIpc) is 2.03. The molecule has 0 aromatic heterocycles. The van der Waals surface area contributed by atoms with E-state index in [2.05, 4.69) is 4.72 Å². The van der Waals surface area contributed by atoms with Crippen molar-refractivity contribution in [3.8, 4) is 0 Å². The monoisotopic (exact) mass is 183 g/mol. The van der Waals surface area contributed by atoms with E-state index in [9.17, 15) is 4.21 Å². The Labute approximate surface area is 75.6 Å². The minimum absolute atomic E-state index is 0.864. The van der Waals surface area contributed by atoms with Gasteiger partial charge in [-0.15, -0.1) is 0 Å². The van der Waals surface area contributed by atoms with E-state index in [4.69, 9.17) is 0 Å². The zero-order valence-electron chi connectivity index (χ0n) is 7.55.